The van der Waals surface area contributed by atoms with Gasteiger partial charge in [-0.2, -0.15) is 0 Å². The van der Waals surface area contributed by atoms with Crippen molar-refractivity contribution in [2.75, 3.05) is 23.4 Å². The van der Waals surface area contributed by atoms with Crippen molar-refractivity contribution >= 4 is 40.7 Å². The lowest BCUT2D eigenvalue weighted by molar-refractivity contribution is -0.126. The molecule has 0 unspecified atom stereocenters. The number of anilines is 2. The minimum atomic E-state index is -0.419. The summed E-state index contributed by atoms with van der Waals surface area (Å²) in [5.41, 5.74) is 2.32. The van der Waals surface area contributed by atoms with Gasteiger partial charge in [0.15, 0.2) is 6.61 Å². The summed E-state index contributed by atoms with van der Waals surface area (Å²) in [4.78, 5) is 38.7. The van der Waals surface area contributed by atoms with Gasteiger partial charge in [0, 0.05) is 35.9 Å². The van der Waals surface area contributed by atoms with Crippen LogP contribution in [0.3, 0.4) is 0 Å². The minimum absolute atomic E-state index is 0.109. The van der Waals surface area contributed by atoms with Crippen molar-refractivity contribution in [3.63, 3.8) is 0 Å². The quantitative estimate of drug-likeness (QED) is 0.513. The highest BCUT2D eigenvalue weighted by atomic mass is 35.5. The molecule has 4 rings (SSSR count). The van der Waals surface area contributed by atoms with E-state index in [1.165, 1.54) is 0 Å². The van der Waals surface area contributed by atoms with Gasteiger partial charge in [-0.05, 0) is 54.1 Å². The van der Waals surface area contributed by atoms with E-state index in [0.717, 1.165) is 5.56 Å². The van der Waals surface area contributed by atoms with Crippen LogP contribution in [0.2, 0.25) is 5.02 Å². The normalized spacial score (nSPS) is 15.1. The third-order valence-corrected chi connectivity index (χ3v) is 5.70. The summed E-state index contributed by atoms with van der Waals surface area (Å²) in [6.45, 7) is 0.558. The number of amides is 3. The molecular weight excluding hydrogens is 454 g/mol. The second kappa shape index (κ2) is 10.9. The van der Waals surface area contributed by atoms with E-state index in [4.69, 9.17) is 16.3 Å². The van der Waals surface area contributed by atoms with Crippen molar-refractivity contribution in [1.82, 2.24) is 5.32 Å². The van der Waals surface area contributed by atoms with Crippen LogP contribution >= 0.6 is 11.6 Å². The largest absolute Gasteiger partial charge is 0.484 e. The molecule has 1 saturated heterocycles. The molecule has 0 saturated carbocycles. The van der Waals surface area contributed by atoms with Crippen molar-refractivity contribution in [3.05, 3.63) is 89.4 Å². The summed E-state index contributed by atoms with van der Waals surface area (Å²) in [5, 5.41) is 6.28. The third kappa shape index (κ3) is 6.14. The molecule has 3 aromatic carbocycles. The molecule has 1 atom stereocenters. The van der Waals surface area contributed by atoms with Crippen LogP contribution in [0.25, 0.3) is 0 Å². The fourth-order valence-corrected chi connectivity index (χ4v) is 3.78. The number of carbonyl (C=O) groups is 3. The number of hydrogen-bond acceptors (Lipinski definition) is 4. The van der Waals surface area contributed by atoms with Gasteiger partial charge in [-0.1, -0.05) is 41.9 Å². The van der Waals surface area contributed by atoms with Crippen LogP contribution in [0, 0.1) is 5.92 Å². The lowest BCUT2D eigenvalue weighted by Crippen LogP contribution is -2.32. The van der Waals surface area contributed by atoms with Crippen LogP contribution in [0.1, 0.15) is 12.0 Å². The average molecular weight is 478 g/mol. The summed E-state index contributed by atoms with van der Waals surface area (Å²) >= 11 is 5.88. The van der Waals surface area contributed by atoms with E-state index in [9.17, 15) is 14.4 Å². The smallest absolute Gasteiger partial charge is 0.262 e. The lowest BCUT2D eigenvalue weighted by atomic mass is 10.1. The summed E-state index contributed by atoms with van der Waals surface area (Å²) in [7, 11) is 0. The number of hydrogen-bond donors (Lipinski definition) is 2. The van der Waals surface area contributed by atoms with Gasteiger partial charge < -0.3 is 20.3 Å². The second-order valence-corrected chi connectivity index (χ2v) is 8.38. The summed E-state index contributed by atoms with van der Waals surface area (Å²) in [6.07, 6.45) is 0.157. The molecule has 1 heterocycles. The molecule has 3 amide bonds. The average Bonchev–Trinajstić information content (AvgIpc) is 3.25. The molecule has 2 N–H and O–H groups in total. The molecule has 8 heteroatoms. The number of ether oxygens (including phenoxy) is 1. The topological polar surface area (TPSA) is 87.7 Å². The Hall–Kier alpha value is -3.84. The van der Waals surface area contributed by atoms with Crippen LogP contribution in [-0.4, -0.2) is 30.9 Å². The maximum Gasteiger partial charge on any atom is 0.262 e. The second-order valence-electron chi connectivity index (χ2n) is 7.95. The number of benzene rings is 3. The Labute approximate surface area is 202 Å². The predicted octanol–water partition coefficient (Wildman–Crippen LogP) is 4.03. The molecule has 1 fully saturated rings. The Kier molecular flexibility index (Phi) is 7.44. The van der Waals surface area contributed by atoms with Gasteiger partial charge in [0.1, 0.15) is 5.75 Å². The third-order valence-electron chi connectivity index (χ3n) is 5.45. The van der Waals surface area contributed by atoms with Gasteiger partial charge in [0.2, 0.25) is 11.8 Å². The molecule has 1 aliphatic rings. The predicted molar refractivity (Wildman–Crippen MR) is 131 cm³/mol. The van der Waals surface area contributed by atoms with Gasteiger partial charge in [-0.15, -0.1) is 0 Å². The van der Waals surface area contributed by atoms with E-state index < -0.39 is 5.92 Å². The lowest BCUT2D eigenvalue weighted by Gasteiger charge is -2.17. The maximum atomic E-state index is 12.6. The highest BCUT2D eigenvalue weighted by Crippen LogP contribution is 2.27. The summed E-state index contributed by atoms with van der Waals surface area (Å²) < 4.78 is 5.54. The minimum Gasteiger partial charge on any atom is -0.484 e. The fourth-order valence-electron chi connectivity index (χ4n) is 3.66. The van der Waals surface area contributed by atoms with E-state index in [0.29, 0.717) is 35.2 Å². The number of carbonyl (C=O) groups excluding carboxylic acids is 3. The first-order valence-corrected chi connectivity index (χ1v) is 11.3. The Balaban J connectivity index is 1.26. The summed E-state index contributed by atoms with van der Waals surface area (Å²) in [5.74, 6) is -0.441. The maximum absolute atomic E-state index is 12.6. The van der Waals surface area contributed by atoms with E-state index in [1.807, 2.05) is 30.3 Å². The molecule has 0 spiro atoms. The first-order chi connectivity index (χ1) is 16.5. The molecule has 0 bridgehead atoms. The fraction of sp³-hybridized carbons (Fsp3) is 0.192. The Morgan fingerprint density at radius 1 is 0.971 bits per heavy atom. The zero-order chi connectivity index (χ0) is 23.9. The highest BCUT2D eigenvalue weighted by Gasteiger charge is 2.35. The van der Waals surface area contributed by atoms with E-state index in [-0.39, 0.29) is 30.7 Å². The highest BCUT2D eigenvalue weighted by molar-refractivity contribution is 6.30. The molecule has 0 aromatic heterocycles. The van der Waals surface area contributed by atoms with Crippen molar-refractivity contribution in [2.24, 2.45) is 5.92 Å². The first-order valence-electron chi connectivity index (χ1n) is 10.9. The van der Waals surface area contributed by atoms with Crippen LogP contribution in [0.15, 0.2) is 78.9 Å². The number of nitrogens with zero attached hydrogens (tertiary/aromatic N) is 1. The van der Waals surface area contributed by atoms with Crippen LogP contribution < -0.4 is 20.3 Å². The molecule has 3 aromatic rings. The monoisotopic (exact) mass is 477 g/mol. The van der Waals surface area contributed by atoms with Crippen LogP contribution in [-0.2, 0) is 20.9 Å². The van der Waals surface area contributed by atoms with Gasteiger partial charge in [-0.3, -0.25) is 14.4 Å². The standard InChI is InChI=1S/C26H24ClN3O4/c27-20-8-6-18(7-9-20)15-28-26(33)19-14-25(32)30(16-19)22-10-12-23(13-11-22)34-17-24(31)29-21-4-2-1-3-5-21/h1-13,19H,14-17H2,(H,28,33)(H,29,31)/t19-/m0/s1. The molecule has 0 aliphatic carbocycles. The van der Waals surface area contributed by atoms with E-state index in [1.54, 1.807) is 53.4 Å². The van der Waals surface area contributed by atoms with Gasteiger partial charge in [0.05, 0.1) is 5.92 Å². The van der Waals surface area contributed by atoms with Crippen molar-refractivity contribution in [2.45, 2.75) is 13.0 Å². The number of halogens is 1. The molecular formula is C26H24ClN3O4. The zero-order valence-electron chi connectivity index (χ0n) is 18.4. The molecule has 34 heavy (non-hydrogen) atoms. The van der Waals surface area contributed by atoms with Crippen molar-refractivity contribution < 1.29 is 19.1 Å². The number of nitrogens with one attached hydrogen (secondary N) is 2. The molecule has 174 valence electrons. The SMILES string of the molecule is O=C(COc1ccc(N2C[C@@H](C(=O)NCc3ccc(Cl)cc3)CC2=O)cc1)Nc1ccccc1. The van der Waals surface area contributed by atoms with Crippen LogP contribution in [0.5, 0.6) is 5.75 Å². The molecule has 0 radical (unpaired) electrons. The molecule has 1 aliphatic heterocycles. The van der Waals surface area contributed by atoms with E-state index >= 15 is 0 Å². The number of rotatable bonds is 8. The van der Waals surface area contributed by atoms with E-state index in [2.05, 4.69) is 10.6 Å². The Morgan fingerprint density at radius 2 is 1.68 bits per heavy atom. The zero-order valence-corrected chi connectivity index (χ0v) is 19.1. The summed E-state index contributed by atoms with van der Waals surface area (Å²) in [6, 6.07) is 23.3. The van der Waals surface area contributed by atoms with Crippen molar-refractivity contribution in [3.8, 4) is 5.75 Å². The Morgan fingerprint density at radius 3 is 2.38 bits per heavy atom. The Bertz CT molecular complexity index is 1150. The van der Waals surface area contributed by atoms with Crippen molar-refractivity contribution in [1.29, 1.82) is 0 Å². The first kappa shape index (κ1) is 23.3. The number of para-hydroxylation sites is 1. The van der Waals surface area contributed by atoms with Gasteiger partial charge in [0.25, 0.3) is 5.91 Å². The van der Waals surface area contributed by atoms with Gasteiger partial charge in [-0.25, -0.2) is 0 Å². The van der Waals surface area contributed by atoms with Gasteiger partial charge >= 0.3 is 0 Å². The molecule has 7 nitrogen and oxygen atoms in total. The van der Waals surface area contributed by atoms with Crippen LogP contribution in [0.4, 0.5) is 11.4 Å².